The van der Waals surface area contributed by atoms with E-state index in [1.807, 2.05) is 13.8 Å². The van der Waals surface area contributed by atoms with Gasteiger partial charge in [0.15, 0.2) is 0 Å². The van der Waals surface area contributed by atoms with Crippen LogP contribution in [-0.2, 0) is 10.0 Å². The number of carbonyl (C=O) groups excluding carboxylic acids is 1. The third-order valence-electron chi connectivity index (χ3n) is 3.52. The van der Waals surface area contributed by atoms with Crippen molar-refractivity contribution in [2.45, 2.75) is 25.7 Å². The van der Waals surface area contributed by atoms with E-state index in [4.69, 9.17) is 11.6 Å². The zero-order valence-corrected chi connectivity index (χ0v) is 15.9. The normalized spacial score (nSPS) is 11.4. The van der Waals surface area contributed by atoms with Crippen molar-refractivity contribution in [2.24, 2.45) is 5.92 Å². The minimum Gasteiger partial charge on any atom is -0.352 e. The van der Waals surface area contributed by atoms with Gasteiger partial charge in [-0.05, 0) is 48.7 Å². The van der Waals surface area contributed by atoms with Crippen LogP contribution in [0.15, 0.2) is 47.4 Å². The minimum atomic E-state index is -3.83. The number of halogens is 1. The molecule has 0 aliphatic rings. The molecule has 0 aromatic heterocycles. The molecule has 1 amide bonds. The third-order valence-corrected chi connectivity index (χ3v) is 5.12. The first-order chi connectivity index (χ1) is 11.7. The summed E-state index contributed by atoms with van der Waals surface area (Å²) in [5.41, 5.74) is 1.45. The van der Waals surface area contributed by atoms with E-state index in [-0.39, 0.29) is 10.8 Å². The van der Waals surface area contributed by atoms with Crippen LogP contribution in [0.3, 0.4) is 0 Å². The van der Waals surface area contributed by atoms with E-state index in [2.05, 4.69) is 10.0 Å². The first-order valence-electron chi connectivity index (χ1n) is 7.86. The summed E-state index contributed by atoms with van der Waals surface area (Å²) >= 11 is 5.93. The Labute approximate surface area is 153 Å². The molecule has 0 saturated heterocycles. The van der Waals surface area contributed by atoms with E-state index in [9.17, 15) is 13.2 Å². The van der Waals surface area contributed by atoms with Crippen LogP contribution >= 0.6 is 11.6 Å². The van der Waals surface area contributed by atoms with E-state index in [0.29, 0.717) is 28.7 Å². The van der Waals surface area contributed by atoms with Gasteiger partial charge in [0.1, 0.15) is 0 Å². The SMILES string of the molecule is Cc1ccc(Cl)cc1NS(=O)(=O)c1cccc(C(=O)NCC(C)C)c1. The Kier molecular flexibility index (Phi) is 6.08. The molecule has 0 fully saturated rings. The van der Waals surface area contributed by atoms with Crippen LogP contribution in [0.2, 0.25) is 5.02 Å². The number of sulfonamides is 1. The van der Waals surface area contributed by atoms with E-state index >= 15 is 0 Å². The Morgan fingerprint density at radius 3 is 2.56 bits per heavy atom. The fourth-order valence-electron chi connectivity index (χ4n) is 2.11. The van der Waals surface area contributed by atoms with Crippen LogP contribution in [0.25, 0.3) is 0 Å². The number of aryl methyl sites for hydroxylation is 1. The maximum atomic E-state index is 12.6. The van der Waals surface area contributed by atoms with Gasteiger partial charge in [-0.3, -0.25) is 9.52 Å². The second-order valence-electron chi connectivity index (χ2n) is 6.20. The Morgan fingerprint density at radius 2 is 1.88 bits per heavy atom. The summed E-state index contributed by atoms with van der Waals surface area (Å²) in [5.74, 6) is 0.00743. The lowest BCUT2D eigenvalue weighted by Crippen LogP contribution is -2.27. The standard InChI is InChI=1S/C18H21ClN2O3S/c1-12(2)11-20-18(22)14-5-4-6-16(9-14)25(23,24)21-17-10-15(19)8-7-13(17)3/h4-10,12,21H,11H2,1-3H3,(H,20,22). The average molecular weight is 381 g/mol. The second kappa shape index (κ2) is 7.89. The summed E-state index contributed by atoms with van der Waals surface area (Å²) < 4.78 is 27.8. The van der Waals surface area contributed by atoms with Crippen molar-refractivity contribution in [1.29, 1.82) is 0 Å². The van der Waals surface area contributed by atoms with Crippen molar-refractivity contribution in [2.75, 3.05) is 11.3 Å². The van der Waals surface area contributed by atoms with Gasteiger partial charge in [-0.1, -0.05) is 37.6 Å². The van der Waals surface area contributed by atoms with Gasteiger partial charge in [-0.15, -0.1) is 0 Å². The van der Waals surface area contributed by atoms with Gasteiger partial charge in [0.2, 0.25) is 0 Å². The number of amides is 1. The van der Waals surface area contributed by atoms with Crippen LogP contribution in [0.5, 0.6) is 0 Å². The Bertz CT molecular complexity index is 880. The van der Waals surface area contributed by atoms with Crippen molar-refractivity contribution < 1.29 is 13.2 Å². The maximum absolute atomic E-state index is 12.6. The highest BCUT2D eigenvalue weighted by Crippen LogP contribution is 2.23. The van der Waals surface area contributed by atoms with Gasteiger partial charge < -0.3 is 5.32 Å². The Hall–Kier alpha value is -2.05. The van der Waals surface area contributed by atoms with Gasteiger partial charge >= 0.3 is 0 Å². The monoisotopic (exact) mass is 380 g/mol. The Morgan fingerprint density at radius 1 is 1.16 bits per heavy atom. The maximum Gasteiger partial charge on any atom is 0.261 e. The predicted molar refractivity (Wildman–Crippen MR) is 101 cm³/mol. The summed E-state index contributed by atoms with van der Waals surface area (Å²) in [7, 11) is -3.83. The molecule has 2 N–H and O–H groups in total. The van der Waals surface area contributed by atoms with Crippen LogP contribution in [0, 0.1) is 12.8 Å². The van der Waals surface area contributed by atoms with E-state index < -0.39 is 10.0 Å². The molecule has 2 aromatic carbocycles. The largest absolute Gasteiger partial charge is 0.352 e. The molecule has 5 nitrogen and oxygen atoms in total. The smallest absolute Gasteiger partial charge is 0.261 e. The predicted octanol–water partition coefficient (Wildman–Crippen LogP) is 3.84. The van der Waals surface area contributed by atoms with Gasteiger partial charge in [0, 0.05) is 17.1 Å². The van der Waals surface area contributed by atoms with Crippen LogP contribution in [0.4, 0.5) is 5.69 Å². The molecule has 134 valence electrons. The lowest BCUT2D eigenvalue weighted by Gasteiger charge is -2.12. The summed E-state index contributed by atoms with van der Waals surface area (Å²) in [5, 5.41) is 3.21. The lowest BCUT2D eigenvalue weighted by atomic mass is 10.2. The van der Waals surface area contributed by atoms with E-state index in [0.717, 1.165) is 5.56 Å². The van der Waals surface area contributed by atoms with Crippen molar-refractivity contribution in [1.82, 2.24) is 5.32 Å². The summed E-state index contributed by atoms with van der Waals surface area (Å²) in [6.45, 7) is 6.27. The van der Waals surface area contributed by atoms with Crippen LogP contribution < -0.4 is 10.0 Å². The van der Waals surface area contributed by atoms with Crippen LogP contribution in [0.1, 0.15) is 29.8 Å². The topological polar surface area (TPSA) is 75.3 Å². The van der Waals surface area contributed by atoms with Crippen molar-refractivity contribution >= 4 is 33.2 Å². The first kappa shape index (κ1) is 19.3. The average Bonchev–Trinajstić information content (AvgIpc) is 2.56. The van der Waals surface area contributed by atoms with Gasteiger partial charge in [0.05, 0.1) is 10.6 Å². The molecule has 0 heterocycles. The molecule has 0 bridgehead atoms. The minimum absolute atomic E-state index is 0.0177. The molecule has 0 atom stereocenters. The lowest BCUT2D eigenvalue weighted by molar-refractivity contribution is 0.0949. The van der Waals surface area contributed by atoms with Gasteiger partial charge in [-0.2, -0.15) is 0 Å². The molecule has 0 spiro atoms. The number of rotatable bonds is 6. The number of hydrogen-bond donors (Lipinski definition) is 2. The number of carbonyl (C=O) groups is 1. The van der Waals surface area contributed by atoms with Gasteiger partial charge in [-0.25, -0.2) is 8.42 Å². The fraction of sp³-hybridized carbons (Fsp3) is 0.278. The molecule has 0 radical (unpaired) electrons. The van der Waals surface area contributed by atoms with E-state index in [1.165, 1.54) is 12.1 Å². The molecule has 0 aliphatic carbocycles. The Balaban J connectivity index is 2.26. The zero-order valence-electron chi connectivity index (χ0n) is 14.3. The quantitative estimate of drug-likeness (QED) is 0.799. The molecule has 7 heteroatoms. The molecule has 0 unspecified atom stereocenters. The summed E-state index contributed by atoms with van der Waals surface area (Å²) in [4.78, 5) is 12.2. The highest BCUT2D eigenvalue weighted by Gasteiger charge is 2.17. The molecule has 25 heavy (non-hydrogen) atoms. The van der Waals surface area contributed by atoms with E-state index in [1.54, 1.807) is 37.3 Å². The highest BCUT2D eigenvalue weighted by atomic mass is 35.5. The number of hydrogen-bond acceptors (Lipinski definition) is 3. The molecule has 2 aromatic rings. The number of benzene rings is 2. The second-order valence-corrected chi connectivity index (χ2v) is 8.32. The molecular formula is C18H21ClN2O3S. The molecule has 0 saturated carbocycles. The van der Waals surface area contributed by atoms with Gasteiger partial charge in [0.25, 0.3) is 15.9 Å². The molecular weight excluding hydrogens is 360 g/mol. The number of anilines is 1. The van der Waals surface area contributed by atoms with Crippen molar-refractivity contribution in [3.05, 3.63) is 58.6 Å². The highest BCUT2D eigenvalue weighted by molar-refractivity contribution is 7.92. The van der Waals surface area contributed by atoms with Crippen molar-refractivity contribution in [3.8, 4) is 0 Å². The fourth-order valence-corrected chi connectivity index (χ4v) is 3.45. The third kappa shape index (κ3) is 5.21. The molecule has 0 aliphatic heterocycles. The summed E-state index contributed by atoms with van der Waals surface area (Å²) in [6.07, 6.45) is 0. The molecule has 2 rings (SSSR count). The zero-order chi connectivity index (χ0) is 18.6. The first-order valence-corrected chi connectivity index (χ1v) is 9.72. The van der Waals surface area contributed by atoms with Crippen LogP contribution in [-0.4, -0.2) is 20.9 Å². The van der Waals surface area contributed by atoms with Crippen molar-refractivity contribution in [3.63, 3.8) is 0 Å². The summed E-state index contributed by atoms with van der Waals surface area (Å²) in [6, 6.07) is 10.9. The number of nitrogens with one attached hydrogen (secondary N) is 2.